The minimum absolute atomic E-state index is 0.00531. The van der Waals surface area contributed by atoms with Gasteiger partial charge in [-0.15, -0.1) is 0 Å². The number of benzene rings is 1. The predicted octanol–water partition coefficient (Wildman–Crippen LogP) is 3.18. The molecule has 0 saturated carbocycles. The van der Waals surface area contributed by atoms with Gasteiger partial charge in [0.1, 0.15) is 17.0 Å². The number of alkyl halides is 3. The lowest BCUT2D eigenvalue weighted by atomic mass is 10.2. The summed E-state index contributed by atoms with van der Waals surface area (Å²) in [4.78, 5) is 27.2. The van der Waals surface area contributed by atoms with E-state index >= 15 is 0 Å². The predicted molar refractivity (Wildman–Crippen MR) is 112 cm³/mol. The van der Waals surface area contributed by atoms with E-state index in [1.54, 1.807) is 24.3 Å². The Bertz CT molecular complexity index is 1120. The number of amides is 2. The summed E-state index contributed by atoms with van der Waals surface area (Å²) in [5.41, 5.74) is -0.555. The summed E-state index contributed by atoms with van der Waals surface area (Å²) in [6.45, 7) is -0.444. The quantitative estimate of drug-likeness (QED) is 0.429. The van der Waals surface area contributed by atoms with Gasteiger partial charge in [-0.25, -0.2) is 4.98 Å². The number of halogens is 4. The zero-order valence-electron chi connectivity index (χ0n) is 17.0. The first-order valence-electron chi connectivity index (χ1n) is 9.70. The van der Waals surface area contributed by atoms with Gasteiger partial charge in [-0.3, -0.25) is 9.59 Å². The number of hydrogen-bond acceptors (Lipinski definition) is 6. The van der Waals surface area contributed by atoms with Gasteiger partial charge >= 0.3 is 6.18 Å². The van der Waals surface area contributed by atoms with E-state index in [0.717, 1.165) is 18.3 Å². The van der Waals surface area contributed by atoms with Crippen LogP contribution in [0.4, 0.5) is 13.2 Å². The number of nitrogens with one attached hydrogen (secondary N) is 2. The molecular weight excluding hydrogens is 467 g/mol. The molecule has 0 spiro atoms. The average Bonchev–Trinajstić information content (AvgIpc) is 3.19. The maximum Gasteiger partial charge on any atom is 0.433 e. The Kier molecular flexibility index (Phi) is 7.77. The maximum absolute atomic E-state index is 12.5. The van der Waals surface area contributed by atoms with Crippen molar-refractivity contribution in [1.82, 2.24) is 15.6 Å². The summed E-state index contributed by atoms with van der Waals surface area (Å²) in [6.07, 6.45) is -4.49. The van der Waals surface area contributed by atoms with Crippen LogP contribution in [0.2, 0.25) is 5.02 Å². The molecule has 3 rings (SSSR count). The second-order valence-electron chi connectivity index (χ2n) is 6.96. The molecule has 0 saturated heterocycles. The second-order valence-corrected chi connectivity index (χ2v) is 7.40. The molecule has 3 N–H and O–H groups in total. The SMILES string of the molecule is O=C(COc1ccc(C(F)(F)F)nc1)NC[C@@H](O)CCNC(=O)c1cc2cc(Cl)ccc2o1. The third kappa shape index (κ3) is 7.09. The van der Waals surface area contributed by atoms with Crippen molar-refractivity contribution >= 4 is 34.4 Å². The van der Waals surface area contributed by atoms with Crippen LogP contribution in [0.15, 0.2) is 47.0 Å². The second kappa shape index (κ2) is 10.5. The molecule has 8 nitrogen and oxygen atoms in total. The van der Waals surface area contributed by atoms with Crippen LogP contribution in [0, 0.1) is 0 Å². The summed E-state index contributed by atoms with van der Waals surface area (Å²) < 4.78 is 47.9. The zero-order valence-corrected chi connectivity index (χ0v) is 17.7. The van der Waals surface area contributed by atoms with Crippen molar-refractivity contribution in [2.45, 2.75) is 18.7 Å². The number of fused-ring (bicyclic) bond motifs is 1. The molecule has 0 fully saturated rings. The smallest absolute Gasteiger partial charge is 0.433 e. The van der Waals surface area contributed by atoms with E-state index in [-0.39, 0.29) is 31.0 Å². The van der Waals surface area contributed by atoms with E-state index in [0.29, 0.717) is 16.0 Å². The number of hydrogen-bond donors (Lipinski definition) is 3. The van der Waals surface area contributed by atoms with Gasteiger partial charge in [0.15, 0.2) is 12.4 Å². The molecule has 12 heteroatoms. The van der Waals surface area contributed by atoms with Crippen LogP contribution in [0.1, 0.15) is 22.7 Å². The van der Waals surface area contributed by atoms with Crippen molar-refractivity contribution in [1.29, 1.82) is 0 Å². The molecule has 33 heavy (non-hydrogen) atoms. The van der Waals surface area contributed by atoms with Crippen LogP contribution in [-0.4, -0.2) is 47.7 Å². The highest BCUT2D eigenvalue weighted by Gasteiger charge is 2.32. The molecule has 0 unspecified atom stereocenters. The van der Waals surface area contributed by atoms with E-state index < -0.39 is 36.4 Å². The first kappa shape index (κ1) is 24.3. The van der Waals surface area contributed by atoms with Gasteiger partial charge in [0.2, 0.25) is 0 Å². The van der Waals surface area contributed by atoms with Crippen molar-refractivity contribution in [3.8, 4) is 5.75 Å². The molecule has 0 aliphatic rings. The van der Waals surface area contributed by atoms with Crippen LogP contribution < -0.4 is 15.4 Å². The van der Waals surface area contributed by atoms with Gasteiger partial charge < -0.3 is 24.9 Å². The standard InChI is InChI=1S/C21H19ClF3N3O5/c22-13-1-3-16-12(7-13)8-17(33-16)20(31)26-6-5-14(29)9-28-19(30)11-32-15-2-4-18(27-10-15)21(23,24)25/h1-4,7-8,10,14,29H,5-6,9,11H2,(H,26,31)(H,28,30)/t14-/m0/s1. The molecule has 0 radical (unpaired) electrons. The van der Waals surface area contributed by atoms with E-state index in [2.05, 4.69) is 15.6 Å². The highest BCUT2D eigenvalue weighted by atomic mass is 35.5. The fourth-order valence-corrected chi connectivity index (χ4v) is 2.91. The van der Waals surface area contributed by atoms with Crippen molar-refractivity contribution in [3.05, 3.63) is 59.1 Å². The lowest BCUT2D eigenvalue weighted by Gasteiger charge is -2.13. The topological polar surface area (TPSA) is 114 Å². The Morgan fingerprint density at radius 2 is 1.97 bits per heavy atom. The Hall–Kier alpha value is -3.31. The molecule has 3 aromatic rings. The van der Waals surface area contributed by atoms with Crippen molar-refractivity contribution in [3.63, 3.8) is 0 Å². The first-order chi connectivity index (χ1) is 15.6. The molecule has 1 aromatic carbocycles. The fourth-order valence-electron chi connectivity index (χ4n) is 2.73. The summed E-state index contributed by atoms with van der Waals surface area (Å²) in [5.74, 6) is -0.949. The number of ether oxygens (including phenoxy) is 1. The summed E-state index contributed by atoms with van der Waals surface area (Å²) in [6, 6.07) is 8.31. The summed E-state index contributed by atoms with van der Waals surface area (Å²) in [5, 5.41) is 16.2. The minimum Gasteiger partial charge on any atom is -0.482 e. The number of aliphatic hydroxyl groups excluding tert-OH is 1. The first-order valence-corrected chi connectivity index (χ1v) is 10.1. The Morgan fingerprint density at radius 1 is 1.18 bits per heavy atom. The molecule has 0 aliphatic heterocycles. The number of aliphatic hydroxyl groups is 1. The molecule has 2 heterocycles. The molecule has 176 valence electrons. The summed E-state index contributed by atoms with van der Waals surface area (Å²) >= 11 is 5.90. The average molecular weight is 486 g/mol. The number of rotatable bonds is 9. The lowest BCUT2D eigenvalue weighted by molar-refractivity contribution is -0.141. The molecular formula is C21H19ClF3N3O5. The highest BCUT2D eigenvalue weighted by Crippen LogP contribution is 2.28. The number of carbonyl (C=O) groups excluding carboxylic acids is 2. The lowest BCUT2D eigenvalue weighted by Crippen LogP contribution is -2.37. The molecule has 2 aromatic heterocycles. The van der Waals surface area contributed by atoms with E-state index in [4.69, 9.17) is 20.8 Å². The third-order valence-electron chi connectivity index (χ3n) is 4.40. The van der Waals surface area contributed by atoms with Gasteiger partial charge in [-0.2, -0.15) is 13.2 Å². The summed E-state index contributed by atoms with van der Waals surface area (Å²) in [7, 11) is 0. The number of nitrogens with zero attached hydrogens (tertiary/aromatic N) is 1. The Morgan fingerprint density at radius 3 is 2.67 bits per heavy atom. The Balaban J connectivity index is 1.34. The third-order valence-corrected chi connectivity index (χ3v) is 4.63. The highest BCUT2D eigenvalue weighted by molar-refractivity contribution is 6.31. The van der Waals surface area contributed by atoms with Crippen LogP contribution in [0.3, 0.4) is 0 Å². The number of furan rings is 1. The monoisotopic (exact) mass is 485 g/mol. The van der Waals surface area contributed by atoms with Gasteiger partial charge in [0.25, 0.3) is 11.8 Å². The van der Waals surface area contributed by atoms with Crippen LogP contribution in [-0.2, 0) is 11.0 Å². The van der Waals surface area contributed by atoms with Crippen LogP contribution in [0.25, 0.3) is 11.0 Å². The Labute approximate surface area is 190 Å². The van der Waals surface area contributed by atoms with E-state index in [1.165, 1.54) is 0 Å². The van der Waals surface area contributed by atoms with Gasteiger partial charge in [0.05, 0.1) is 12.3 Å². The van der Waals surface area contributed by atoms with E-state index in [9.17, 15) is 27.9 Å². The fraction of sp³-hybridized carbons (Fsp3) is 0.286. The van der Waals surface area contributed by atoms with Gasteiger partial charge in [-0.1, -0.05) is 11.6 Å². The number of pyridine rings is 1. The van der Waals surface area contributed by atoms with Crippen LogP contribution in [0.5, 0.6) is 5.75 Å². The minimum atomic E-state index is -4.56. The molecule has 0 aliphatic carbocycles. The molecule has 0 bridgehead atoms. The van der Waals surface area contributed by atoms with Gasteiger partial charge in [-0.05, 0) is 42.8 Å². The van der Waals surface area contributed by atoms with Crippen molar-refractivity contribution in [2.75, 3.05) is 19.7 Å². The number of carbonyl (C=O) groups is 2. The largest absolute Gasteiger partial charge is 0.482 e. The van der Waals surface area contributed by atoms with E-state index in [1.807, 2.05) is 0 Å². The normalized spacial score (nSPS) is 12.4. The van der Waals surface area contributed by atoms with Gasteiger partial charge in [0, 0.05) is 23.5 Å². The van der Waals surface area contributed by atoms with Crippen molar-refractivity contribution in [2.24, 2.45) is 0 Å². The maximum atomic E-state index is 12.5. The van der Waals surface area contributed by atoms with Crippen LogP contribution >= 0.6 is 11.6 Å². The van der Waals surface area contributed by atoms with Crippen molar-refractivity contribution < 1.29 is 37.0 Å². The molecule has 1 atom stereocenters. The number of aromatic nitrogens is 1. The molecule has 2 amide bonds. The zero-order chi connectivity index (χ0) is 24.0.